The van der Waals surface area contributed by atoms with E-state index in [1.54, 1.807) is 0 Å². The minimum Gasteiger partial charge on any atom is -0.354 e. The summed E-state index contributed by atoms with van der Waals surface area (Å²) in [7, 11) is 2.05. The Hall–Kier alpha value is -0.550. The summed E-state index contributed by atoms with van der Waals surface area (Å²) in [5.74, 6) is 2.04. The van der Waals surface area contributed by atoms with Gasteiger partial charge >= 0.3 is 0 Å². The minimum atomic E-state index is 0.753. The van der Waals surface area contributed by atoms with E-state index < -0.39 is 0 Å². The molecule has 1 aliphatic heterocycles. The number of alkyl halides is 1. The smallest absolute Gasteiger partial charge is 0.130 e. The van der Waals surface area contributed by atoms with E-state index in [1.807, 2.05) is 4.68 Å². The van der Waals surface area contributed by atoms with Gasteiger partial charge in [-0.25, -0.2) is 0 Å². The van der Waals surface area contributed by atoms with Crippen LogP contribution in [0.2, 0.25) is 0 Å². The first-order chi connectivity index (χ1) is 9.02. The number of rotatable bonds is 4. The highest BCUT2D eigenvalue weighted by atomic mass is 79.9. The van der Waals surface area contributed by atoms with E-state index in [1.165, 1.54) is 17.9 Å². The maximum Gasteiger partial charge on any atom is 0.130 e. The van der Waals surface area contributed by atoms with Crippen LogP contribution in [-0.4, -0.2) is 47.4 Å². The van der Waals surface area contributed by atoms with Crippen LogP contribution in [0.4, 0.5) is 5.82 Å². The number of anilines is 1. The largest absolute Gasteiger partial charge is 0.354 e. The van der Waals surface area contributed by atoms with Crippen LogP contribution < -0.4 is 4.90 Å². The highest BCUT2D eigenvalue weighted by molar-refractivity contribution is 9.08. The predicted octanol–water partition coefficient (Wildman–Crippen LogP) is 2.40. The van der Waals surface area contributed by atoms with E-state index in [9.17, 15) is 0 Å². The fourth-order valence-electron chi connectivity index (χ4n) is 2.90. The SMILES string of the molecule is Cc1nn(C)c(N2CCN(CC(C)C)CC2)c1CBr. The van der Waals surface area contributed by atoms with Gasteiger partial charge in [0.05, 0.1) is 5.69 Å². The summed E-state index contributed by atoms with van der Waals surface area (Å²) in [4.78, 5) is 5.05. The molecule has 0 radical (unpaired) electrons. The summed E-state index contributed by atoms with van der Waals surface area (Å²) < 4.78 is 2.03. The molecule has 1 fully saturated rings. The van der Waals surface area contributed by atoms with Crippen LogP contribution in [-0.2, 0) is 12.4 Å². The zero-order chi connectivity index (χ0) is 14.0. The Labute approximate surface area is 124 Å². The van der Waals surface area contributed by atoms with Crippen LogP contribution in [0.3, 0.4) is 0 Å². The predicted molar refractivity (Wildman–Crippen MR) is 84.1 cm³/mol. The highest BCUT2D eigenvalue weighted by Crippen LogP contribution is 2.26. The Morgan fingerprint density at radius 1 is 1.21 bits per heavy atom. The van der Waals surface area contributed by atoms with Crippen molar-refractivity contribution in [2.45, 2.75) is 26.1 Å². The molecular weight excluding hydrogens is 304 g/mol. The van der Waals surface area contributed by atoms with E-state index in [-0.39, 0.29) is 0 Å². The molecule has 0 unspecified atom stereocenters. The lowest BCUT2D eigenvalue weighted by Crippen LogP contribution is -2.48. The second-order valence-electron chi connectivity index (χ2n) is 5.83. The molecule has 2 heterocycles. The fraction of sp³-hybridized carbons (Fsp3) is 0.786. The van der Waals surface area contributed by atoms with E-state index >= 15 is 0 Å². The lowest BCUT2D eigenvalue weighted by Gasteiger charge is -2.37. The highest BCUT2D eigenvalue weighted by Gasteiger charge is 2.23. The normalized spacial score (nSPS) is 17.5. The van der Waals surface area contributed by atoms with Gasteiger partial charge in [0.1, 0.15) is 5.82 Å². The summed E-state index contributed by atoms with van der Waals surface area (Å²) in [6, 6.07) is 0. The van der Waals surface area contributed by atoms with Crippen molar-refractivity contribution in [3.8, 4) is 0 Å². The first kappa shape index (κ1) is 14.9. The van der Waals surface area contributed by atoms with E-state index in [4.69, 9.17) is 0 Å². The Morgan fingerprint density at radius 2 is 1.84 bits per heavy atom. The molecule has 0 aliphatic carbocycles. The van der Waals surface area contributed by atoms with Crippen molar-refractivity contribution >= 4 is 21.7 Å². The number of hydrogen-bond acceptors (Lipinski definition) is 3. The van der Waals surface area contributed by atoms with Crippen LogP contribution in [0.1, 0.15) is 25.1 Å². The number of piperazine rings is 1. The Kier molecular flexibility index (Phi) is 4.90. The van der Waals surface area contributed by atoms with Gasteiger partial charge in [0.2, 0.25) is 0 Å². The second-order valence-corrected chi connectivity index (χ2v) is 6.39. The first-order valence-corrected chi connectivity index (χ1v) is 8.20. The first-order valence-electron chi connectivity index (χ1n) is 7.08. The van der Waals surface area contributed by atoms with Gasteiger partial charge in [-0.1, -0.05) is 29.8 Å². The van der Waals surface area contributed by atoms with E-state index in [0.717, 1.165) is 43.1 Å². The molecule has 0 saturated carbocycles. The number of aryl methyl sites for hydroxylation is 2. The number of aromatic nitrogens is 2. The number of hydrogen-bond donors (Lipinski definition) is 0. The monoisotopic (exact) mass is 328 g/mol. The summed E-state index contributed by atoms with van der Waals surface area (Å²) in [5.41, 5.74) is 2.47. The van der Waals surface area contributed by atoms with Gasteiger partial charge in [0.15, 0.2) is 0 Å². The van der Waals surface area contributed by atoms with Crippen molar-refractivity contribution < 1.29 is 0 Å². The van der Waals surface area contributed by atoms with Crippen molar-refractivity contribution in [1.82, 2.24) is 14.7 Å². The molecule has 0 amide bonds. The minimum absolute atomic E-state index is 0.753. The van der Waals surface area contributed by atoms with Gasteiger partial charge in [-0.15, -0.1) is 0 Å². The molecule has 5 heteroatoms. The van der Waals surface area contributed by atoms with Crippen molar-refractivity contribution in [3.63, 3.8) is 0 Å². The molecule has 0 bridgehead atoms. The molecule has 108 valence electrons. The lowest BCUT2D eigenvalue weighted by atomic mass is 10.2. The second kappa shape index (κ2) is 6.27. The van der Waals surface area contributed by atoms with Crippen molar-refractivity contribution in [2.75, 3.05) is 37.6 Å². The average molecular weight is 329 g/mol. The third kappa shape index (κ3) is 3.31. The molecule has 0 N–H and O–H groups in total. The van der Waals surface area contributed by atoms with Crippen LogP contribution in [0, 0.1) is 12.8 Å². The number of nitrogens with zero attached hydrogens (tertiary/aromatic N) is 4. The molecule has 19 heavy (non-hydrogen) atoms. The molecule has 0 aromatic carbocycles. The molecule has 4 nitrogen and oxygen atoms in total. The molecule has 1 aromatic heterocycles. The topological polar surface area (TPSA) is 24.3 Å². The van der Waals surface area contributed by atoms with E-state index in [0.29, 0.717) is 0 Å². The van der Waals surface area contributed by atoms with Gasteiger partial charge in [-0.2, -0.15) is 5.10 Å². The van der Waals surface area contributed by atoms with Gasteiger partial charge in [-0.3, -0.25) is 9.58 Å². The average Bonchev–Trinajstić information content (AvgIpc) is 2.64. The van der Waals surface area contributed by atoms with Crippen LogP contribution in [0.15, 0.2) is 0 Å². The van der Waals surface area contributed by atoms with Gasteiger partial charge in [-0.05, 0) is 12.8 Å². The van der Waals surface area contributed by atoms with Gasteiger partial charge in [0.25, 0.3) is 0 Å². The molecule has 0 atom stereocenters. The third-order valence-corrected chi connectivity index (χ3v) is 4.30. The Morgan fingerprint density at radius 3 is 2.37 bits per heavy atom. The maximum atomic E-state index is 4.56. The molecule has 1 saturated heterocycles. The summed E-state index contributed by atoms with van der Waals surface area (Å²) in [6.45, 7) is 12.4. The number of halogens is 1. The van der Waals surface area contributed by atoms with Crippen LogP contribution in [0.25, 0.3) is 0 Å². The van der Waals surface area contributed by atoms with Gasteiger partial charge < -0.3 is 4.90 Å². The zero-order valence-electron chi connectivity index (χ0n) is 12.5. The van der Waals surface area contributed by atoms with Crippen LogP contribution >= 0.6 is 15.9 Å². The molecular formula is C14H25BrN4. The van der Waals surface area contributed by atoms with Gasteiger partial charge in [0, 0.05) is 50.7 Å². The lowest BCUT2D eigenvalue weighted by molar-refractivity contribution is 0.230. The zero-order valence-corrected chi connectivity index (χ0v) is 14.1. The standard InChI is InChI=1S/C14H25BrN4/c1-11(2)10-18-5-7-19(8-6-18)14-13(9-15)12(3)16-17(14)4/h11H,5-10H2,1-4H3. The fourth-order valence-corrected chi connectivity index (χ4v) is 3.56. The third-order valence-electron chi connectivity index (χ3n) is 3.74. The molecule has 1 aromatic rings. The molecule has 1 aliphatic rings. The summed E-state index contributed by atoms with van der Waals surface area (Å²) in [6.07, 6.45) is 0. The van der Waals surface area contributed by atoms with E-state index in [2.05, 4.69) is 58.6 Å². The summed E-state index contributed by atoms with van der Waals surface area (Å²) in [5, 5.41) is 5.44. The Balaban J connectivity index is 2.05. The molecule has 2 rings (SSSR count). The van der Waals surface area contributed by atoms with Crippen molar-refractivity contribution in [3.05, 3.63) is 11.3 Å². The van der Waals surface area contributed by atoms with Crippen molar-refractivity contribution in [2.24, 2.45) is 13.0 Å². The summed E-state index contributed by atoms with van der Waals surface area (Å²) >= 11 is 3.59. The molecule has 0 spiro atoms. The maximum absolute atomic E-state index is 4.56. The quantitative estimate of drug-likeness (QED) is 0.793. The Bertz CT molecular complexity index is 419. The van der Waals surface area contributed by atoms with Crippen LogP contribution in [0.5, 0.6) is 0 Å². The van der Waals surface area contributed by atoms with Crippen molar-refractivity contribution in [1.29, 1.82) is 0 Å².